The van der Waals surface area contributed by atoms with Gasteiger partial charge in [0.15, 0.2) is 0 Å². The number of halogens is 1. The van der Waals surface area contributed by atoms with Gasteiger partial charge >= 0.3 is 0 Å². The molecule has 2 aromatic rings. The van der Waals surface area contributed by atoms with E-state index in [0.717, 1.165) is 10.5 Å². The van der Waals surface area contributed by atoms with E-state index in [9.17, 15) is 8.42 Å². The van der Waals surface area contributed by atoms with E-state index in [0.29, 0.717) is 24.5 Å². The molecular formula is C16H20ClN3O2S2. The minimum atomic E-state index is -3.54. The van der Waals surface area contributed by atoms with E-state index in [2.05, 4.69) is 10.3 Å². The second-order valence-electron chi connectivity index (χ2n) is 5.30. The molecule has 0 bridgehead atoms. The van der Waals surface area contributed by atoms with Crippen molar-refractivity contribution in [3.63, 3.8) is 0 Å². The number of aromatic nitrogens is 1. The first-order valence-corrected chi connectivity index (χ1v) is 10.1. The van der Waals surface area contributed by atoms with Crippen LogP contribution in [0.5, 0.6) is 0 Å². The lowest BCUT2D eigenvalue weighted by molar-refractivity contribution is 0.271. The molecule has 1 aromatic heterocycles. The van der Waals surface area contributed by atoms with Crippen LogP contribution in [0.4, 0.5) is 0 Å². The van der Waals surface area contributed by atoms with E-state index in [1.165, 1.54) is 11.8 Å². The molecule has 1 atom stereocenters. The van der Waals surface area contributed by atoms with Crippen molar-refractivity contribution in [3.05, 3.63) is 54.4 Å². The fraction of sp³-hybridized carbons (Fsp3) is 0.312. The zero-order chi connectivity index (χ0) is 16.3. The van der Waals surface area contributed by atoms with Gasteiger partial charge in [-0.15, -0.1) is 24.2 Å². The van der Waals surface area contributed by atoms with E-state index in [-0.39, 0.29) is 18.4 Å². The van der Waals surface area contributed by atoms with E-state index in [4.69, 9.17) is 0 Å². The van der Waals surface area contributed by atoms with Gasteiger partial charge in [0.05, 0.1) is 10.9 Å². The minimum absolute atomic E-state index is 0. The maximum absolute atomic E-state index is 13.1. The number of rotatable bonds is 4. The Balaban J connectivity index is 0.00000208. The van der Waals surface area contributed by atoms with Crippen LogP contribution in [0.25, 0.3) is 0 Å². The molecule has 1 N–H and O–H groups in total. The summed E-state index contributed by atoms with van der Waals surface area (Å²) < 4.78 is 27.8. The molecule has 1 unspecified atom stereocenters. The van der Waals surface area contributed by atoms with Gasteiger partial charge in [0, 0.05) is 36.9 Å². The van der Waals surface area contributed by atoms with E-state index in [1.807, 2.05) is 24.5 Å². The Morgan fingerprint density at radius 3 is 2.83 bits per heavy atom. The fourth-order valence-electron chi connectivity index (χ4n) is 2.73. The Bertz CT molecular complexity index is 772. The molecule has 0 aliphatic carbocycles. The predicted octanol–water partition coefficient (Wildman–Crippen LogP) is 2.56. The van der Waals surface area contributed by atoms with Gasteiger partial charge in [0.25, 0.3) is 0 Å². The smallest absolute Gasteiger partial charge is 0.243 e. The zero-order valence-corrected chi connectivity index (χ0v) is 15.7. The second-order valence-corrected chi connectivity index (χ2v) is 8.07. The van der Waals surface area contributed by atoms with Crippen LogP contribution in [0, 0.1) is 0 Å². The highest BCUT2D eigenvalue weighted by Gasteiger charge is 2.34. The van der Waals surface area contributed by atoms with Crippen LogP contribution < -0.4 is 5.32 Å². The third kappa shape index (κ3) is 3.92. The molecular weight excluding hydrogens is 366 g/mol. The number of piperazine rings is 1. The molecule has 5 nitrogen and oxygen atoms in total. The van der Waals surface area contributed by atoms with Crippen molar-refractivity contribution >= 4 is 34.2 Å². The number of thioether (sulfide) groups is 1. The topological polar surface area (TPSA) is 62.3 Å². The monoisotopic (exact) mass is 385 g/mol. The van der Waals surface area contributed by atoms with Crippen molar-refractivity contribution in [1.82, 2.24) is 14.6 Å². The number of benzene rings is 1. The highest BCUT2D eigenvalue weighted by molar-refractivity contribution is 7.98. The van der Waals surface area contributed by atoms with Crippen LogP contribution in [0.3, 0.4) is 0 Å². The molecule has 1 aliphatic heterocycles. The Morgan fingerprint density at radius 1 is 1.29 bits per heavy atom. The summed E-state index contributed by atoms with van der Waals surface area (Å²) in [5, 5.41) is 3.27. The first-order chi connectivity index (χ1) is 11.1. The Morgan fingerprint density at radius 2 is 2.12 bits per heavy atom. The Kier molecular flexibility index (Phi) is 6.65. The number of pyridine rings is 1. The van der Waals surface area contributed by atoms with E-state index >= 15 is 0 Å². The van der Waals surface area contributed by atoms with Crippen LogP contribution in [-0.2, 0) is 10.0 Å². The quantitative estimate of drug-likeness (QED) is 0.819. The van der Waals surface area contributed by atoms with Gasteiger partial charge in [-0.05, 0) is 36.1 Å². The van der Waals surface area contributed by atoms with Crippen molar-refractivity contribution in [1.29, 1.82) is 0 Å². The van der Waals surface area contributed by atoms with Crippen LogP contribution in [0.15, 0.2) is 58.6 Å². The lowest BCUT2D eigenvalue weighted by Crippen LogP contribution is -2.48. The number of sulfonamides is 1. The Hall–Kier alpha value is -1.12. The molecule has 0 radical (unpaired) electrons. The van der Waals surface area contributed by atoms with Crippen molar-refractivity contribution in [2.24, 2.45) is 0 Å². The van der Waals surface area contributed by atoms with Crippen molar-refractivity contribution < 1.29 is 8.42 Å². The molecule has 1 aromatic carbocycles. The number of nitrogens with one attached hydrogen (secondary N) is 1. The number of nitrogens with zero attached hydrogens (tertiary/aromatic N) is 2. The zero-order valence-electron chi connectivity index (χ0n) is 13.3. The summed E-state index contributed by atoms with van der Waals surface area (Å²) >= 11 is 1.54. The number of hydrogen-bond acceptors (Lipinski definition) is 5. The van der Waals surface area contributed by atoms with Crippen molar-refractivity contribution in [3.8, 4) is 0 Å². The Labute approximate surface area is 153 Å². The molecule has 1 saturated heterocycles. The third-order valence-electron chi connectivity index (χ3n) is 3.91. The summed E-state index contributed by atoms with van der Waals surface area (Å²) in [6, 6.07) is 10.6. The third-order valence-corrected chi connectivity index (χ3v) is 6.54. The summed E-state index contributed by atoms with van der Waals surface area (Å²) in [5.74, 6) is 0. The van der Waals surface area contributed by atoms with Gasteiger partial charge in [0.1, 0.15) is 0 Å². The van der Waals surface area contributed by atoms with E-state index in [1.54, 1.807) is 34.9 Å². The second kappa shape index (κ2) is 8.31. The molecule has 0 amide bonds. The summed E-state index contributed by atoms with van der Waals surface area (Å²) in [4.78, 5) is 5.41. The maximum atomic E-state index is 13.1. The van der Waals surface area contributed by atoms with Crippen molar-refractivity contribution in [2.45, 2.75) is 15.8 Å². The van der Waals surface area contributed by atoms with Crippen LogP contribution >= 0.6 is 24.2 Å². The molecule has 3 rings (SSSR count). The lowest BCUT2D eigenvalue weighted by Gasteiger charge is -2.35. The average Bonchev–Trinajstić information content (AvgIpc) is 2.62. The normalized spacial score (nSPS) is 18.8. The predicted molar refractivity (Wildman–Crippen MR) is 99.2 cm³/mol. The molecule has 1 fully saturated rings. The highest BCUT2D eigenvalue weighted by atomic mass is 35.5. The van der Waals surface area contributed by atoms with Gasteiger partial charge in [-0.3, -0.25) is 4.98 Å². The summed E-state index contributed by atoms with van der Waals surface area (Å²) in [7, 11) is -3.54. The summed E-state index contributed by atoms with van der Waals surface area (Å²) in [5.41, 5.74) is 0.907. The average molecular weight is 386 g/mol. The molecule has 130 valence electrons. The minimum Gasteiger partial charge on any atom is -0.313 e. The first-order valence-electron chi connectivity index (χ1n) is 7.39. The molecule has 2 heterocycles. The van der Waals surface area contributed by atoms with E-state index < -0.39 is 10.0 Å². The molecule has 0 spiro atoms. The largest absolute Gasteiger partial charge is 0.313 e. The fourth-order valence-corrected chi connectivity index (χ4v) is 4.92. The molecule has 1 aliphatic rings. The first kappa shape index (κ1) is 19.2. The van der Waals surface area contributed by atoms with Gasteiger partial charge in [-0.1, -0.05) is 12.1 Å². The van der Waals surface area contributed by atoms with Crippen LogP contribution in [0.1, 0.15) is 11.6 Å². The molecule has 8 heteroatoms. The molecule has 0 saturated carbocycles. The SMILES string of the molecule is CSc1cccc(S(=O)(=O)N2CCNCC2c2cccnc2)c1.Cl. The van der Waals surface area contributed by atoms with Crippen LogP contribution in [-0.4, -0.2) is 43.6 Å². The summed E-state index contributed by atoms with van der Waals surface area (Å²) in [6.07, 6.45) is 5.37. The highest BCUT2D eigenvalue weighted by Crippen LogP contribution is 2.29. The van der Waals surface area contributed by atoms with Gasteiger partial charge in [0.2, 0.25) is 10.0 Å². The number of hydrogen-bond donors (Lipinski definition) is 1. The van der Waals surface area contributed by atoms with Gasteiger partial charge in [-0.2, -0.15) is 4.31 Å². The molecule has 24 heavy (non-hydrogen) atoms. The lowest BCUT2D eigenvalue weighted by atomic mass is 10.1. The summed E-state index contributed by atoms with van der Waals surface area (Å²) in [6.45, 7) is 1.69. The standard InChI is InChI=1S/C16H19N3O2S2.ClH/c1-22-14-5-2-6-15(10-14)23(20,21)19-9-8-18-12-16(19)13-4-3-7-17-11-13;/h2-7,10-11,16,18H,8-9,12H2,1H3;1H. The maximum Gasteiger partial charge on any atom is 0.243 e. The van der Waals surface area contributed by atoms with Crippen molar-refractivity contribution in [2.75, 3.05) is 25.9 Å². The van der Waals surface area contributed by atoms with Crippen LogP contribution in [0.2, 0.25) is 0 Å². The van der Waals surface area contributed by atoms with Gasteiger partial charge < -0.3 is 5.32 Å². The van der Waals surface area contributed by atoms with Gasteiger partial charge in [-0.25, -0.2) is 8.42 Å².